The van der Waals surface area contributed by atoms with E-state index in [1.54, 1.807) is 20.2 Å². The molecule has 0 saturated carbocycles. The number of thiophene rings is 1. The molecule has 1 heterocycles. The highest BCUT2D eigenvalue weighted by molar-refractivity contribution is 14.0. The van der Waals surface area contributed by atoms with Crippen LogP contribution in [-0.2, 0) is 14.8 Å². The first-order valence-electron chi connectivity index (χ1n) is 6.68. The molecule has 0 atom stereocenters. The molecule has 1 rings (SSSR count). The van der Waals surface area contributed by atoms with Crippen LogP contribution in [0.5, 0.6) is 0 Å². The number of nitrogens with one attached hydrogen (secondary N) is 3. The minimum atomic E-state index is -3.50. The molecule has 3 N–H and O–H groups in total. The lowest BCUT2D eigenvalue weighted by molar-refractivity contribution is 0.195. The minimum Gasteiger partial charge on any atom is -0.385 e. The number of guanidine groups is 1. The number of hydrogen-bond acceptors (Lipinski definition) is 5. The molecule has 0 aliphatic rings. The van der Waals surface area contributed by atoms with Crippen molar-refractivity contribution < 1.29 is 13.2 Å². The zero-order valence-corrected chi connectivity index (χ0v) is 17.7. The zero-order chi connectivity index (χ0) is 16.4. The predicted octanol–water partition coefficient (Wildman–Crippen LogP) is 1.50. The van der Waals surface area contributed by atoms with Crippen LogP contribution >= 0.6 is 46.9 Å². The van der Waals surface area contributed by atoms with Gasteiger partial charge in [-0.3, -0.25) is 4.99 Å². The third kappa shape index (κ3) is 9.05. The summed E-state index contributed by atoms with van der Waals surface area (Å²) < 4.78 is 32.0. The summed E-state index contributed by atoms with van der Waals surface area (Å²) in [5.41, 5.74) is 0. The molecule has 0 unspecified atom stereocenters. The van der Waals surface area contributed by atoms with Gasteiger partial charge in [0.25, 0.3) is 0 Å². The normalized spacial score (nSPS) is 11.9. The van der Waals surface area contributed by atoms with Crippen LogP contribution in [-0.4, -0.2) is 54.8 Å². The topological polar surface area (TPSA) is 91.8 Å². The van der Waals surface area contributed by atoms with Crippen LogP contribution < -0.4 is 15.4 Å². The van der Waals surface area contributed by atoms with Crippen LogP contribution in [0.4, 0.5) is 0 Å². The van der Waals surface area contributed by atoms with Gasteiger partial charge in [-0.2, -0.15) is 0 Å². The number of sulfonamides is 1. The number of ether oxygens (including phenoxy) is 1. The fourth-order valence-corrected chi connectivity index (χ4v) is 4.08. The SMILES string of the molecule is CN=C(NCCCOC)NCCNS(=O)(=O)c1ccc(Cl)s1.I. The minimum absolute atomic E-state index is 0. The van der Waals surface area contributed by atoms with Gasteiger partial charge in [-0.1, -0.05) is 11.6 Å². The van der Waals surface area contributed by atoms with E-state index in [-0.39, 0.29) is 34.7 Å². The Kier molecular flexibility index (Phi) is 12.2. The number of rotatable bonds is 9. The summed E-state index contributed by atoms with van der Waals surface area (Å²) in [6.07, 6.45) is 0.864. The zero-order valence-electron chi connectivity index (χ0n) is 13.0. The molecule has 0 aliphatic carbocycles. The first-order chi connectivity index (χ1) is 10.5. The number of nitrogens with zero attached hydrogens (tertiary/aromatic N) is 1. The summed E-state index contributed by atoms with van der Waals surface area (Å²) in [6.45, 7) is 2.07. The summed E-state index contributed by atoms with van der Waals surface area (Å²) in [5, 5.41) is 6.13. The number of hydrogen-bond donors (Lipinski definition) is 3. The second kappa shape index (κ2) is 12.3. The molecule has 134 valence electrons. The lowest BCUT2D eigenvalue weighted by atomic mass is 10.4. The van der Waals surface area contributed by atoms with Crippen LogP contribution in [0.3, 0.4) is 0 Å². The molecule has 0 aromatic carbocycles. The van der Waals surface area contributed by atoms with Gasteiger partial charge in [-0.15, -0.1) is 35.3 Å². The number of halogens is 2. The Hall–Kier alpha value is -0.140. The van der Waals surface area contributed by atoms with Crippen LogP contribution in [0.2, 0.25) is 4.34 Å². The Bertz CT molecular complexity index is 581. The quantitative estimate of drug-likeness (QED) is 0.209. The molecule has 23 heavy (non-hydrogen) atoms. The summed E-state index contributed by atoms with van der Waals surface area (Å²) in [7, 11) is -0.192. The molecular weight excluding hydrogens is 475 g/mol. The Labute approximate surface area is 163 Å². The van der Waals surface area contributed by atoms with Gasteiger partial charge in [0.2, 0.25) is 10.0 Å². The van der Waals surface area contributed by atoms with Gasteiger partial charge in [0.05, 0.1) is 4.34 Å². The van der Waals surface area contributed by atoms with Crippen LogP contribution in [0.15, 0.2) is 21.3 Å². The van der Waals surface area contributed by atoms with Crippen molar-refractivity contribution in [2.75, 3.05) is 40.4 Å². The van der Waals surface area contributed by atoms with Gasteiger partial charge in [0, 0.05) is 40.4 Å². The van der Waals surface area contributed by atoms with Crippen LogP contribution in [0, 0.1) is 0 Å². The van der Waals surface area contributed by atoms with Crippen molar-refractivity contribution in [2.24, 2.45) is 4.99 Å². The summed E-state index contributed by atoms with van der Waals surface area (Å²) in [5.74, 6) is 0.620. The first kappa shape index (κ1) is 22.9. The molecular formula is C12H22ClIN4O3S2. The van der Waals surface area contributed by atoms with Crippen molar-refractivity contribution >= 4 is 62.9 Å². The van der Waals surface area contributed by atoms with Crippen molar-refractivity contribution in [2.45, 2.75) is 10.6 Å². The molecule has 0 bridgehead atoms. The molecule has 7 nitrogen and oxygen atoms in total. The third-order valence-corrected chi connectivity index (χ3v) is 5.75. The van der Waals surface area contributed by atoms with Gasteiger partial charge in [-0.05, 0) is 18.6 Å². The van der Waals surface area contributed by atoms with Crippen molar-refractivity contribution in [3.63, 3.8) is 0 Å². The Balaban J connectivity index is 0.00000484. The average Bonchev–Trinajstić information content (AvgIpc) is 2.93. The van der Waals surface area contributed by atoms with E-state index in [4.69, 9.17) is 16.3 Å². The molecule has 1 aromatic rings. The Morgan fingerprint density at radius 2 is 2.00 bits per heavy atom. The van der Waals surface area contributed by atoms with Crippen molar-refractivity contribution in [1.82, 2.24) is 15.4 Å². The van der Waals surface area contributed by atoms with E-state index in [0.29, 0.717) is 23.4 Å². The van der Waals surface area contributed by atoms with Crippen molar-refractivity contribution in [3.05, 3.63) is 16.5 Å². The van der Waals surface area contributed by atoms with Gasteiger partial charge in [0.15, 0.2) is 5.96 Å². The van der Waals surface area contributed by atoms with Gasteiger partial charge < -0.3 is 15.4 Å². The second-order valence-electron chi connectivity index (χ2n) is 4.23. The maximum atomic E-state index is 12.0. The average molecular weight is 497 g/mol. The maximum absolute atomic E-state index is 12.0. The number of methoxy groups -OCH3 is 1. The summed E-state index contributed by atoms with van der Waals surface area (Å²) in [4.78, 5) is 4.04. The van der Waals surface area contributed by atoms with Gasteiger partial charge in [0.1, 0.15) is 4.21 Å². The van der Waals surface area contributed by atoms with Crippen LogP contribution in [0.25, 0.3) is 0 Å². The largest absolute Gasteiger partial charge is 0.385 e. The van der Waals surface area contributed by atoms with E-state index >= 15 is 0 Å². The predicted molar refractivity (Wildman–Crippen MR) is 106 cm³/mol. The first-order valence-corrected chi connectivity index (χ1v) is 9.36. The van der Waals surface area contributed by atoms with E-state index in [1.165, 1.54) is 6.07 Å². The van der Waals surface area contributed by atoms with E-state index in [1.807, 2.05) is 0 Å². The van der Waals surface area contributed by atoms with E-state index < -0.39 is 10.0 Å². The molecule has 0 spiro atoms. The maximum Gasteiger partial charge on any atom is 0.250 e. The highest BCUT2D eigenvalue weighted by Crippen LogP contribution is 2.24. The van der Waals surface area contributed by atoms with E-state index in [0.717, 1.165) is 24.3 Å². The molecule has 1 aromatic heterocycles. The van der Waals surface area contributed by atoms with E-state index in [2.05, 4.69) is 20.3 Å². The summed E-state index contributed by atoms with van der Waals surface area (Å²) >= 11 is 6.77. The molecule has 0 aliphatic heterocycles. The smallest absolute Gasteiger partial charge is 0.250 e. The van der Waals surface area contributed by atoms with E-state index in [9.17, 15) is 8.42 Å². The standard InChI is InChI=1S/C12H21ClN4O3S2.HI/c1-14-12(15-6-3-9-20-2)16-7-8-17-22(18,19)11-5-4-10(13)21-11;/h4-5,17H,3,6-9H2,1-2H3,(H2,14,15,16);1H. The number of aliphatic imine (C=N–C) groups is 1. The third-order valence-electron chi connectivity index (χ3n) is 2.56. The van der Waals surface area contributed by atoms with Crippen LogP contribution in [0.1, 0.15) is 6.42 Å². The fraction of sp³-hybridized carbons (Fsp3) is 0.583. The lowest BCUT2D eigenvalue weighted by Gasteiger charge is -2.12. The van der Waals surface area contributed by atoms with Crippen molar-refractivity contribution in [3.8, 4) is 0 Å². The lowest BCUT2D eigenvalue weighted by Crippen LogP contribution is -2.41. The molecule has 0 amide bonds. The Morgan fingerprint density at radius 3 is 2.57 bits per heavy atom. The molecule has 0 radical (unpaired) electrons. The van der Waals surface area contributed by atoms with Gasteiger partial charge in [-0.25, -0.2) is 13.1 Å². The highest BCUT2D eigenvalue weighted by Gasteiger charge is 2.15. The monoisotopic (exact) mass is 496 g/mol. The molecule has 0 saturated heterocycles. The molecule has 11 heteroatoms. The fourth-order valence-electron chi connectivity index (χ4n) is 1.52. The summed E-state index contributed by atoms with van der Waals surface area (Å²) in [6, 6.07) is 3.05. The Morgan fingerprint density at radius 1 is 1.30 bits per heavy atom. The van der Waals surface area contributed by atoms with Crippen molar-refractivity contribution in [1.29, 1.82) is 0 Å². The van der Waals surface area contributed by atoms with Gasteiger partial charge >= 0.3 is 0 Å². The highest BCUT2D eigenvalue weighted by atomic mass is 127. The second-order valence-corrected chi connectivity index (χ2v) is 7.94. The molecule has 0 fully saturated rings.